The Kier molecular flexibility index (Phi) is 4.59. The predicted molar refractivity (Wildman–Crippen MR) is 80.5 cm³/mol. The molecule has 2 rings (SSSR count). The number of carbonyl (C=O) groups excluding carboxylic acids is 1. The maximum atomic E-state index is 11.1. The molecule has 0 saturated heterocycles. The summed E-state index contributed by atoms with van der Waals surface area (Å²) in [5, 5.41) is 15.8. The van der Waals surface area contributed by atoms with Gasteiger partial charge in [0.25, 0.3) is 0 Å². The molecule has 0 fully saturated rings. The number of halogens is 1. The van der Waals surface area contributed by atoms with Crippen molar-refractivity contribution in [2.75, 3.05) is 11.9 Å². The molecule has 0 aliphatic heterocycles. The van der Waals surface area contributed by atoms with Crippen LogP contribution >= 0.6 is 11.6 Å². The second-order valence-electron chi connectivity index (χ2n) is 4.47. The van der Waals surface area contributed by atoms with Crippen LogP contribution in [0.1, 0.15) is 6.92 Å². The number of benzene rings is 1. The first kappa shape index (κ1) is 15.1. The number of nitrogens with zero attached hydrogens (tertiary/aromatic N) is 1. The molecule has 1 unspecified atom stereocenters. The van der Waals surface area contributed by atoms with Gasteiger partial charge in [-0.15, -0.1) is 0 Å². The van der Waals surface area contributed by atoms with Gasteiger partial charge in [-0.05, 0) is 24.3 Å². The molecule has 1 atom stereocenters. The highest BCUT2D eigenvalue weighted by molar-refractivity contribution is 6.35. The van der Waals surface area contributed by atoms with Crippen molar-refractivity contribution in [2.45, 2.75) is 13.0 Å². The Morgan fingerprint density at radius 3 is 2.81 bits per heavy atom. The van der Waals surface area contributed by atoms with E-state index in [-0.39, 0.29) is 6.54 Å². The van der Waals surface area contributed by atoms with Crippen LogP contribution in [0.3, 0.4) is 0 Å². The maximum absolute atomic E-state index is 11.1. The Hall–Kier alpha value is -2.34. The largest absolute Gasteiger partial charge is 0.480 e. The number of hydrogen-bond donors (Lipinski definition) is 3. The quantitative estimate of drug-likeness (QED) is 0.784. The molecule has 3 N–H and O–H groups in total. The number of carbonyl (C=O) groups is 2. The number of carboxylic acid groups (broad SMARTS) is 1. The van der Waals surface area contributed by atoms with Gasteiger partial charge in [-0.2, -0.15) is 0 Å². The lowest BCUT2D eigenvalue weighted by Crippen LogP contribution is -2.44. The van der Waals surface area contributed by atoms with Crippen molar-refractivity contribution in [3.63, 3.8) is 0 Å². The van der Waals surface area contributed by atoms with E-state index in [1.807, 2.05) is 6.07 Å². The Labute approximate surface area is 126 Å². The molecular formula is C14H14ClN3O3. The highest BCUT2D eigenvalue weighted by Gasteiger charge is 2.18. The molecule has 0 spiro atoms. The minimum atomic E-state index is -1.11. The smallest absolute Gasteiger partial charge is 0.328 e. The molecular weight excluding hydrogens is 294 g/mol. The summed E-state index contributed by atoms with van der Waals surface area (Å²) in [6.45, 7) is 1.32. The summed E-state index contributed by atoms with van der Waals surface area (Å²) in [5.74, 6) is -1.51. The van der Waals surface area contributed by atoms with Gasteiger partial charge in [-0.3, -0.25) is 9.78 Å². The van der Waals surface area contributed by atoms with Crippen molar-refractivity contribution in [1.29, 1.82) is 0 Å². The fraction of sp³-hybridized carbons (Fsp3) is 0.214. The molecule has 1 amide bonds. The molecule has 7 heteroatoms. The fourth-order valence-electron chi connectivity index (χ4n) is 1.94. The van der Waals surface area contributed by atoms with Crippen LogP contribution in [0, 0.1) is 0 Å². The molecule has 1 heterocycles. The van der Waals surface area contributed by atoms with E-state index >= 15 is 0 Å². The topological polar surface area (TPSA) is 91.3 Å². The van der Waals surface area contributed by atoms with Crippen molar-refractivity contribution in [3.8, 4) is 0 Å². The second kappa shape index (κ2) is 6.41. The van der Waals surface area contributed by atoms with Crippen molar-refractivity contribution in [2.24, 2.45) is 0 Å². The number of hydrogen-bond acceptors (Lipinski definition) is 4. The van der Waals surface area contributed by atoms with Crippen LogP contribution in [-0.2, 0) is 9.59 Å². The van der Waals surface area contributed by atoms with Crippen LogP contribution in [0.4, 0.5) is 5.69 Å². The third-order valence-electron chi connectivity index (χ3n) is 2.89. The Morgan fingerprint density at radius 1 is 1.38 bits per heavy atom. The molecule has 1 aromatic carbocycles. The van der Waals surface area contributed by atoms with Gasteiger partial charge in [0, 0.05) is 25.1 Å². The molecule has 0 bridgehead atoms. The highest BCUT2D eigenvalue weighted by atomic mass is 35.5. The lowest BCUT2D eigenvalue weighted by atomic mass is 10.2. The summed E-state index contributed by atoms with van der Waals surface area (Å²) in [6, 6.07) is 6.03. The summed E-state index contributed by atoms with van der Waals surface area (Å²) >= 11 is 6.09. The van der Waals surface area contributed by atoms with Gasteiger partial charge in [0.15, 0.2) is 0 Å². The van der Waals surface area contributed by atoms with Crippen molar-refractivity contribution < 1.29 is 14.7 Å². The molecule has 2 aromatic rings. The van der Waals surface area contributed by atoms with E-state index in [0.717, 1.165) is 5.39 Å². The number of nitrogens with one attached hydrogen (secondary N) is 2. The van der Waals surface area contributed by atoms with Gasteiger partial charge in [0.2, 0.25) is 5.91 Å². The van der Waals surface area contributed by atoms with Gasteiger partial charge in [-0.25, -0.2) is 4.79 Å². The average molecular weight is 308 g/mol. The van der Waals surface area contributed by atoms with Gasteiger partial charge < -0.3 is 15.7 Å². The maximum Gasteiger partial charge on any atom is 0.328 e. The minimum absolute atomic E-state index is 0.0439. The zero-order valence-electron chi connectivity index (χ0n) is 11.3. The van der Waals surface area contributed by atoms with Crippen molar-refractivity contribution in [3.05, 3.63) is 35.5 Å². The van der Waals surface area contributed by atoms with E-state index in [2.05, 4.69) is 15.6 Å². The SMILES string of the molecule is CC(=O)NC(CNc1ccc(Cl)c2cccnc12)C(=O)O. The van der Waals surface area contributed by atoms with Gasteiger partial charge in [0.1, 0.15) is 6.04 Å². The fourth-order valence-corrected chi connectivity index (χ4v) is 2.15. The molecule has 0 radical (unpaired) electrons. The number of fused-ring (bicyclic) bond motifs is 1. The van der Waals surface area contributed by atoms with Crippen LogP contribution in [0.2, 0.25) is 5.02 Å². The number of anilines is 1. The minimum Gasteiger partial charge on any atom is -0.480 e. The first-order valence-corrected chi connectivity index (χ1v) is 6.64. The Bertz CT molecular complexity index is 690. The molecule has 1 aromatic heterocycles. The lowest BCUT2D eigenvalue weighted by molar-refractivity contribution is -0.141. The van der Waals surface area contributed by atoms with Gasteiger partial charge >= 0.3 is 5.97 Å². The standard InChI is InChI=1S/C14H14ClN3O3/c1-8(19)18-12(14(20)21)7-17-11-5-4-10(15)9-3-2-6-16-13(9)11/h2-6,12,17H,7H2,1H3,(H,18,19)(H,20,21). The first-order valence-electron chi connectivity index (χ1n) is 6.26. The molecule has 21 heavy (non-hydrogen) atoms. The second-order valence-corrected chi connectivity index (χ2v) is 4.87. The molecule has 0 aliphatic carbocycles. The van der Waals surface area contributed by atoms with Crippen LogP contribution in [0.15, 0.2) is 30.5 Å². The van der Waals surface area contributed by atoms with Crippen molar-refractivity contribution >= 4 is 40.1 Å². The lowest BCUT2D eigenvalue weighted by Gasteiger charge is -2.16. The average Bonchev–Trinajstić information content (AvgIpc) is 2.45. The summed E-state index contributed by atoms with van der Waals surface area (Å²) < 4.78 is 0. The highest BCUT2D eigenvalue weighted by Crippen LogP contribution is 2.27. The Balaban J connectivity index is 2.22. The third-order valence-corrected chi connectivity index (χ3v) is 3.22. The number of carboxylic acids is 1. The van der Waals surface area contributed by atoms with Crippen LogP contribution in [-0.4, -0.2) is 34.6 Å². The molecule has 110 valence electrons. The monoisotopic (exact) mass is 307 g/mol. The van der Waals surface area contributed by atoms with Crippen LogP contribution < -0.4 is 10.6 Å². The van der Waals surface area contributed by atoms with E-state index in [0.29, 0.717) is 16.2 Å². The number of aromatic nitrogens is 1. The van der Waals surface area contributed by atoms with Gasteiger partial charge in [-0.1, -0.05) is 11.6 Å². The van der Waals surface area contributed by atoms with E-state index in [1.165, 1.54) is 6.92 Å². The van der Waals surface area contributed by atoms with Crippen LogP contribution in [0.25, 0.3) is 10.9 Å². The van der Waals surface area contributed by atoms with E-state index in [1.54, 1.807) is 24.4 Å². The van der Waals surface area contributed by atoms with Crippen LogP contribution in [0.5, 0.6) is 0 Å². The third kappa shape index (κ3) is 3.61. The van der Waals surface area contributed by atoms with E-state index in [4.69, 9.17) is 16.7 Å². The number of amides is 1. The normalized spacial score (nSPS) is 11.9. The zero-order chi connectivity index (χ0) is 15.4. The molecule has 6 nitrogen and oxygen atoms in total. The summed E-state index contributed by atoms with van der Waals surface area (Å²) in [5.41, 5.74) is 1.31. The first-order chi connectivity index (χ1) is 9.99. The van der Waals surface area contributed by atoms with Gasteiger partial charge in [0.05, 0.1) is 16.2 Å². The zero-order valence-corrected chi connectivity index (χ0v) is 12.0. The number of rotatable bonds is 5. The number of pyridine rings is 1. The molecule has 0 saturated carbocycles. The predicted octanol–water partition coefficient (Wildman–Crippen LogP) is 1.89. The summed E-state index contributed by atoms with van der Waals surface area (Å²) in [6.07, 6.45) is 1.63. The Morgan fingerprint density at radius 2 is 2.14 bits per heavy atom. The summed E-state index contributed by atoms with van der Waals surface area (Å²) in [7, 11) is 0. The number of aliphatic carboxylic acids is 1. The van der Waals surface area contributed by atoms with Crippen molar-refractivity contribution in [1.82, 2.24) is 10.3 Å². The van der Waals surface area contributed by atoms with E-state index in [9.17, 15) is 9.59 Å². The summed E-state index contributed by atoms with van der Waals surface area (Å²) in [4.78, 5) is 26.3. The molecule has 0 aliphatic rings. The van der Waals surface area contributed by atoms with E-state index < -0.39 is 17.9 Å².